The van der Waals surface area contributed by atoms with Crippen molar-refractivity contribution in [3.63, 3.8) is 0 Å². The lowest BCUT2D eigenvalue weighted by molar-refractivity contribution is 0.0181. The Morgan fingerprint density at radius 2 is 1.62 bits per heavy atom. The molecule has 0 bridgehead atoms. The summed E-state index contributed by atoms with van der Waals surface area (Å²) in [5.74, 6) is 0.734. The minimum atomic E-state index is -0.201. The molecule has 0 aromatic heterocycles. The van der Waals surface area contributed by atoms with Crippen LogP contribution in [-0.2, 0) is 20.8 Å². The first-order chi connectivity index (χ1) is 11.8. The highest BCUT2D eigenvalue weighted by Crippen LogP contribution is 2.31. The maximum Gasteiger partial charge on any atom is 0.127 e. The Labute approximate surface area is 141 Å². The third-order valence-electron chi connectivity index (χ3n) is 3.50. The number of hydrogen-bond donors (Lipinski definition) is 2. The Kier molecular flexibility index (Phi) is 7.77. The molecule has 0 saturated heterocycles. The van der Waals surface area contributed by atoms with Crippen LogP contribution in [0.3, 0.4) is 0 Å². The van der Waals surface area contributed by atoms with Crippen molar-refractivity contribution < 1.29 is 29.2 Å². The van der Waals surface area contributed by atoms with Gasteiger partial charge in [0.25, 0.3) is 0 Å². The predicted octanol–water partition coefficient (Wildman–Crippen LogP) is 2.10. The van der Waals surface area contributed by atoms with Crippen molar-refractivity contribution in [3.05, 3.63) is 35.9 Å². The summed E-state index contributed by atoms with van der Waals surface area (Å²) < 4.78 is 21.3. The minimum absolute atomic E-state index is 0.0607. The van der Waals surface area contributed by atoms with E-state index in [1.165, 1.54) is 0 Å². The normalized spacial score (nSPS) is 11.1. The first kappa shape index (κ1) is 18.5. The van der Waals surface area contributed by atoms with Gasteiger partial charge in [0.2, 0.25) is 0 Å². The molecule has 24 heavy (non-hydrogen) atoms. The van der Waals surface area contributed by atoms with Gasteiger partial charge in [0.1, 0.15) is 18.1 Å². The zero-order valence-electron chi connectivity index (χ0n) is 13.9. The first-order valence-electron chi connectivity index (χ1n) is 7.89. The number of rotatable bonds is 11. The Morgan fingerprint density at radius 3 is 2.33 bits per heavy atom. The molecule has 132 valence electrons. The second kappa shape index (κ2) is 10.1. The van der Waals surface area contributed by atoms with Crippen LogP contribution in [0, 0.1) is 0 Å². The van der Waals surface area contributed by atoms with E-state index in [0.29, 0.717) is 51.0 Å². The van der Waals surface area contributed by atoms with Crippen LogP contribution in [0.1, 0.15) is 5.56 Å². The van der Waals surface area contributed by atoms with Crippen molar-refractivity contribution in [2.75, 3.05) is 46.8 Å². The number of methoxy groups -OCH3 is 1. The summed E-state index contributed by atoms with van der Waals surface area (Å²) in [4.78, 5) is 0. The predicted molar refractivity (Wildman–Crippen MR) is 90.5 cm³/mol. The van der Waals surface area contributed by atoms with Crippen LogP contribution in [0.5, 0.6) is 11.5 Å². The smallest absolute Gasteiger partial charge is 0.127 e. The van der Waals surface area contributed by atoms with Gasteiger partial charge < -0.3 is 29.2 Å². The quantitative estimate of drug-likeness (QED) is 0.612. The summed E-state index contributed by atoms with van der Waals surface area (Å²) in [5.41, 5.74) is 0.497. The molecule has 0 aliphatic carbocycles. The Hall–Kier alpha value is -1.86. The zero-order chi connectivity index (χ0) is 17.2. The number of aliphatic hydroxyl groups is 1. The van der Waals surface area contributed by atoms with Gasteiger partial charge in [0.15, 0.2) is 0 Å². The monoisotopic (exact) mass is 336 g/mol. The van der Waals surface area contributed by atoms with Gasteiger partial charge in [-0.15, -0.1) is 0 Å². The van der Waals surface area contributed by atoms with E-state index in [1.807, 2.05) is 18.2 Å². The summed E-state index contributed by atoms with van der Waals surface area (Å²) in [6.07, 6.45) is 0. The molecule has 0 aliphatic heterocycles. The summed E-state index contributed by atoms with van der Waals surface area (Å²) in [7, 11) is 1.63. The maximum absolute atomic E-state index is 9.90. The average molecular weight is 336 g/mol. The third-order valence-corrected chi connectivity index (χ3v) is 3.50. The molecule has 0 saturated carbocycles. The fraction of sp³-hybridized carbons (Fsp3) is 0.444. The van der Waals surface area contributed by atoms with E-state index in [-0.39, 0.29) is 12.4 Å². The van der Waals surface area contributed by atoms with E-state index >= 15 is 0 Å². The highest BCUT2D eigenvalue weighted by atomic mass is 16.6. The van der Waals surface area contributed by atoms with E-state index in [9.17, 15) is 10.2 Å². The molecule has 0 fully saturated rings. The zero-order valence-corrected chi connectivity index (χ0v) is 13.9. The van der Waals surface area contributed by atoms with Crippen LogP contribution in [-0.4, -0.2) is 57.0 Å². The second-order valence-electron chi connectivity index (χ2n) is 5.18. The van der Waals surface area contributed by atoms with Crippen molar-refractivity contribution in [1.82, 2.24) is 0 Å². The van der Waals surface area contributed by atoms with Gasteiger partial charge in [-0.05, 0) is 23.6 Å². The van der Waals surface area contributed by atoms with Crippen molar-refractivity contribution in [1.29, 1.82) is 0 Å². The van der Waals surface area contributed by atoms with Crippen LogP contribution in [0.4, 0.5) is 0 Å². The molecule has 2 N–H and O–H groups in total. The molecular formula is C18H24O6. The summed E-state index contributed by atoms with van der Waals surface area (Å²) in [6.45, 7) is 2.82. The Bertz CT molecular complexity index is 628. The molecule has 0 radical (unpaired) electrons. The molecule has 0 spiro atoms. The highest BCUT2D eigenvalue weighted by molar-refractivity contribution is 5.90. The third kappa shape index (κ3) is 5.35. The number of ether oxygens (including phenoxy) is 4. The number of fused-ring (bicyclic) bond motifs is 1. The molecule has 2 aromatic carbocycles. The number of phenols is 1. The summed E-state index contributed by atoms with van der Waals surface area (Å²) in [5, 5.41) is 20.8. The fourth-order valence-corrected chi connectivity index (χ4v) is 2.26. The Morgan fingerprint density at radius 1 is 0.917 bits per heavy atom. The van der Waals surface area contributed by atoms with Crippen LogP contribution in [0.2, 0.25) is 0 Å². The van der Waals surface area contributed by atoms with Crippen LogP contribution < -0.4 is 4.74 Å². The number of benzene rings is 2. The topological polar surface area (TPSA) is 77.4 Å². The average Bonchev–Trinajstić information content (AvgIpc) is 2.60. The van der Waals surface area contributed by atoms with Gasteiger partial charge in [0.05, 0.1) is 39.6 Å². The largest absolute Gasteiger partial charge is 0.508 e. The number of aromatic hydroxyl groups is 1. The van der Waals surface area contributed by atoms with E-state index in [0.717, 1.165) is 10.8 Å². The van der Waals surface area contributed by atoms with Crippen LogP contribution in [0.25, 0.3) is 10.8 Å². The summed E-state index contributed by atoms with van der Waals surface area (Å²) >= 11 is 0. The molecule has 6 heteroatoms. The van der Waals surface area contributed by atoms with Gasteiger partial charge in [0, 0.05) is 18.1 Å². The van der Waals surface area contributed by atoms with Crippen molar-refractivity contribution in [3.8, 4) is 11.5 Å². The molecular weight excluding hydrogens is 312 g/mol. The number of hydrogen-bond acceptors (Lipinski definition) is 6. The molecule has 0 amide bonds. The standard InChI is InChI=1S/C18H24O6/c1-21-5-6-22-7-8-23-9-10-24-18-4-2-3-14-11-15(13-19)17(20)12-16(14)18/h2-4,11-12,19-20H,5-10,13H2,1H3. The fourth-order valence-electron chi connectivity index (χ4n) is 2.26. The second-order valence-corrected chi connectivity index (χ2v) is 5.18. The number of aliphatic hydroxyl groups excluding tert-OH is 1. The van der Waals surface area contributed by atoms with Gasteiger partial charge in [-0.3, -0.25) is 0 Å². The van der Waals surface area contributed by atoms with Gasteiger partial charge in [-0.2, -0.15) is 0 Å². The minimum Gasteiger partial charge on any atom is -0.508 e. The van der Waals surface area contributed by atoms with Crippen LogP contribution in [0.15, 0.2) is 30.3 Å². The van der Waals surface area contributed by atoms with Crippen LogP contribution >= 0.6 is 0 Å². The molecule has 0 atom stereocenters. The SMILES string of the molecule is COCCOCCOCCOc1cccc2cc(CO)c(O)cc12. The van der Waals surface area contributed by atoms with Gasteiger partial charge >= 0.3 is 0 Å². The van der Waals surface area contributed by atoms with Gasteiger partial charge in [-0.1, -0.05) is 12.1 Å². The lowest BCUT2D eigenvalue weighted by Gasteiger charge is -2.11. The highest BCUT2D eigenvalue weighted by Gasteiger charge is 2.07. The van der Waals surface area contributed by atoms with Gasteiger partial charge in [-0.25, -0.2) is 0 Å². The molecule has 2 rings (SSSR count). The van der Waals surface area contributed by atoms with Crippen molar-refractivity contribution in [2.45, 2.75) is 6.61 Å². The molecule has 0 aliphatic rings. The Balaban J connectivity index is 1.80. The maximum atomic E-state index is 9.90. The van der Waals surface area contributed by atoms with E-state index in [2.05, 4.69) is 0 Å². The molecule has 6 nitrogen and oxygen atoms in total. The first-order valence-corrected chi connectivity index (χ1v) is 7.89. The van der Waals surface area contributed by atoms with E-state index < -0.39 is 0 Å². The van der Waals surface area contributed by atoms with E-state index in [4.69, 9.17) is 18.9 Å². The molecule has 0 heterocycles. The molecule has 2 aromatic rings. The van der Waals surface area contributed by atoms with E-state index in [1.54, 1.807) is 19.2 Å². The lowest BCUT2D eigenvalue weighted by Crippen LogP contribution is -2.12. The van der Waals surface area contributed by atoms with Crippen molar-refractivity contribution >= 4 is 10.8 Å². The summed E-state index contributed by atoms with van der Waals surface area (Å²) in [6, 6.07) is 9.00. The molecule has 0 unspecified atom stereocenters. The lowest BCUT2D eigenvalue weighted by atomic mass is 10.1. The van der Waals surface area contributed by atoms with Crippen molar-refractivity contribution in [2.24, 2.45) is 0 Å².